The molecule has 3 heterocycles. The molecular formula is C27H31N7O3. The topological polar surface area (TPSA) is 148 Å². The van der Waals surface area contributed by atoms with E-state index < -0.39 is 17.6 Å². The summed E-state index contributed by atoms with van der Waals surface area (Å²) in [6.45, 7) is 5.55. The van der Waals surface area contributed by atoms with E-state index in [2.05, 4.69) is 25.6 Å². The minimum Gasteiger partial charge on any atom is -0.444 e. The highest BCUT2D eigenvalue weighted by Gasteiger charge is 2.29. The molecule has 1 fully saturated rings. The molecule has 37 heavy (non-hydrogen) atoms. The quantitative estimate of drug-likeness (QED) is 0.314. The number of pyridine rings is 1. The second kappa shape index (κ2) is 9.68. The lowest BCUT2D eigenvalue weighted by Crippen LogP contribution is -2.50. The smallest absolute Gasteiger partial charge is 0.407 e. The number of H-pyrrole nitrogens is 1. The number of aromatic amines is 1. The molecule has 10 nitrogen and oxygen atoms in total. The molecule has 4 aromatic rings. The lowest BCUT2D eigenvalue weighted by atomic mass is 9.90. The molecule has 192 valence electrons. The summed E-state index contributed by atoms with van der Waals surface area (Å²) in [4.78, 5) is 41.0. The number of hydrogen-bond acceptors (Lipinski definition) is 7. The number of fused-ring (bicyclic) bond motifs is 2. The SMILES string of the molecule is CC(C)(C)OC(=O)NC1CCCCC1Nc1ncc2cncc(-c3c[nH]c4cc(C(N)=O)ccc34)c2n1. The van der Waals surface area contributed by atoms with Gasteiger partial charge in [0.05, 0.1) is 11.6 Å². The summed E-state index contributed by atoms with van der Waals surface area (Å²) in [5.74, 6) is 0.00852. The van der Waals surface area contributed by atoms with Crippen molar-refractivity contribution in [2.45, 2.75) is 64.1 Å². The zero-order valence-corrected chi connectivity index (χ0v) is 21.2. The number of hydrogen-bond donors (Lipinski definition) is 4. The Labute approximate surface area is 214 Å². The van der Waals surface area contributed by atoms with Crippen LogP contribution in [0.15, 0.2) is 43.0 Å². The van der Waals surface area contributed by atoms with Crippen LogP contribution in [0, 0.1) is 0 Å². The molecule has 1 aliphatic rings. The summed E-state index contributed by atoms with van der Waals surface area (Å²) in [5.41, 5.74) is 8.62. The fourth-order valence-electron chi connectivity index (χ4n) is 4.82. The number of nitrogens with two attached hydrogens (primary N) is 1. The van der Waals surface area contributed by atoms with E-state index in [9.17, 15) is 9.59 Å². The number of anilines is 1. The van der Waals surface area contributed by atoms with E-state index in [1.165, 1.54) is 0 Å². The van der Waals surface area contributed by atoms with Crippen LogP contribution < -0.4 is 16.4 Å². The van der Waals surface area contributed by atoms with Gasteiger partial charge in [0.15, 0.2) is 0 Å². The first-order chi connectivity index (χ1) is 17.7. The molecule has 5 N–H and O–H groups in total. The monoisotopic (exact) mass is 501 g/mol. The maximum atomic E-state index is 12.4. The van der Waals surface area contributed by atoms with Crippen molar-refractivity contribution in [1.29, 1.82) is 0 Å². The van der Waals surface area contributed by atoms with E-state index in [4.69, 9.17) is 15.5 Å². The van der Waals surface area contributed by atoms with Crippen LogP contribution in [0.2, 0.25) is 0 Å². The van der Waals surface area contributed by atoms with Crippen LogP contribution in [0.3, 0.4) is 0 Å². The number of carbonyl (C=O) groups excluding carboxylic acids is 2. The number of primary amides is 1. The van der Waals surface area contributed by atoms with E-state index in [0.29, 0.717) is 11.5 Å². The third-order valence-corrected chi connectivity index (χ3v) is 6.53. The van der Waals surface area contributed by atoms with Crippen LogP contribution in [0.25, 0.3) is 32.9 Å². The van der Waals surface area contributed by atoms with Gasteiger partial charge in [-0.25, -0.2) is 14.8 Å². The Balaban J connectivity index is 1.44. The lowest BCUT2D eigenvalue weighted by molar-refractivity contribution is 0.0488. The molecule has 0 aliphatic heterocycles. The van der Waals surface area contributed by atoms with Gasteiger partial charge in [-0.2, -0.15) is 0 Å². The number of amides is 2. The van der Waals surface area contributed by atoms with E-state index in [1.54, 1.807) is 30.7 Å². The van der Waals surface area contributed by atoms with Crippen molar-refractivity contribution in [3.8, 4) is 11.1 Å². The predicted molar refractivity (Wildman–Crippen MR) is 142 cm³/mol. The maximum Gasteiger partial charge on any atom is 0.407 e. The third kappa shape index (κ3) is 5.32. The Morgan fingerprint density at radius 3 is 2.62 bits per heavy atom. The average molecular weight is 502 g/mol. The van der Waals surface area contributed by atoms with E-state index in [-0.39, 0.29) is 12.1 Å². The molecule has 0 radical (unpaired) electrons. The first kappa shape index (κ1) is 24.5. The average Bonchev–Trinajstić information content (AvgIpc) is 3.27. The summed E-state index contributed by atoms with van der Waals surface area (Å²) in [5, 5.41) is 8.21. The molecule has 1 aromatic carbocycles. The largest absolute Gasteiger partial charge is 0.444 e. The Morgan fingerprint density at radius 2 is 1.86 bits per heavy atom. The summed E-state index contributed by atoms with van der Waals surface area (Å²) in [7, 11) is 0. The van der Waals surface area contributed by atoms with Crippen LogP contribution in [-0.4, -0.2) is 49.6 Å². The van der Waals surface area contributed by atoms with Crippen molar-refractivity contribution in [3.05, 3.63) is 48.5 Å². The molecule has 2 unspecified atom stereocenters. The molecule has 0 saturated heterocycles. The van der Waals surface area contributed by atoms with E-state index in [1.807, 2.05) is 33.0 Å². The highest BCUT2D eigenvalue weighted by Crippen LogP contribution is 2.33. The zero-order chi connectivity index (χ0) is 26.2. The van der Waals surface area contributed by atoms with Crippen molar-refractivity contribution in [2.75, 3.05) is 5.32 Å². The van der Waals surface area contributed by atoms with Crippen LogP contribution in [0.5, 0.6) is 0 Å². The fraction of sp³-hybridized carbons (Fsp3) is 0.370. The molecule has 3 aromatic heterocycles. The zero-order valence-electron chi connectivity index (χ0n) is 21.2. The molecule has 2 atom stereocenters. The Kier molecular flexibility index (Phi) is 6.41. The van der Waals surface area contributed by atoms with Crippen LogP contribution >= 0.6 is 0 Å². The number of nitrogens with one attached hydrogen (secondary N) is 3. The summed E-state index contributed by atoms with van der Waals surface area (Å²) in [6.07, 6.45) is 10.5. The summed E-state index contributed by atoms with van der Waals surface area (Å²) in [6, 6.07) is 5.21. The second-order valence-corrected chi connectivity index (χ2v) is 10.4. The number of rotatable bonds is 5. The van der Waals surface area contributed by atoms with Gasteiger partial charge < -0.3 is 26.1 Å². The van der Waals surface area contributed by atoms with Gasteiger partial charge in [-0.3, -0.25) is 9.78 Å². The molecule has 0 bridgehead atoms. The van der Waals surface area contributed by atoms with E-state index >= 15 is 0 Å². The number of alkyl carbamates (subject to hydrolysis) is 1. The summed E-state index contributed by atoms with van der Waals surface area (Å²) >= 11 is 0. The molecule has 5 rings (SSSR count). The van der Waals surface area contributed by atoms with Crippen LogP contribution in [0.1, 0.15) is 56.8 Å². The van der Waals surface area contributed by atoms with Crippen LogP contribution in [0.4, 0.5) is 10.7 Å². The maximum absolute atomic E-state index is 12.4. The minimum atomic E-state index is -0.558. The Morgan fingerprint density at radius 1 is 1.08 bits per heavy atom. The number of ether oxygens (including phenoxy) is 1. The van der Waals surface area contributed by atoms with Crippen molar-refractivity contribution in [2.24, 2.45) is 5.73 Å². The number of benzene rings is 1. The predicted octanol–water partition coefficient (Wildman–Crippen LogP) is 4.52. The highest BCUT2D eigenvalue weighted by atomic mass is 16.6. The Hall–Kier alpha value is -4.21. The molecule has 2 amide bonds. The van der Waals surface area contributed by atoms with Gasteiger partial charge in [0.1, 0.15) is 5.60 Å². The standard InChI is InChI=1S/C27H31N7O3/c1-27(2,3)37-26(36)33-21-7-5-4-6-20(21)32-25-31-12-16-11-29-13-19(23(16)34-25)18-14-30-22-10-15(24(28)35)8-9-17(18)22/h8-14,20-21,30H,4-7H2,1-3H3,(H2,28,35)(H,33,36)(H,31,32,34). The first-order valence-electron chi connectivity index (χ1n) is 12.5. The van der Waals surface area contributed by atoms with Crippen LogP contribution in [-0.2, 0) is 4.74 Å². The highest BCUT2D eigenvalue weighted by molar-refractivity contribution is 6.05. The normalized spacial score (nSPS) is 18.0. The van der Waals surface area contributed by atoms with Crippen molar-refractivity contribution >= 4 is 39.8 Å². The number of nitrogens with zero attached hydrogens (tertiary/aromatic N) is 3. The molecule has 1 aliphatic carbocycles. The molecular weight excluding hydrogens is 470 g/mol. The van der Waals surface area contributed by atoms with Crippen molar-refractivity contribution < 1.29 is 14.3 Å². The lowest BCUT2D eigenvalue weighted by Gasteiger charge is -2.33. The van der Waals surface area contributed by atoms with Crippen molar-refractivity contribution in [1.82, 2.24) is 25.3 Å². The minimum absolute atomic E-state index is 0.0238. The van der Waals surface area contributed by atoms with Gasteiger partial charge in [-0.1, -0.05) is 18.9 Å². The molecule has 1 saturated carbocycles. The number of carbonyl (C=O) groups is 2. The summed E-state index contributed by atoms with van der Waals surface area (Å²) < 4.78 is 5.46. The van der Waals surface area contributed by atoms with Gasteiger partial charge in [0.25, 0.3) is 0 Å². The molecule has 0 spiro atoms. The van der Waals surface area contributed by atoms with Gasteiger partial charge in [-0.15, -0.1) is 0 Å². The fourth-order valence-corrected chi connectivity index (χ4v) is 4.82. The van der Waals surface area contributed by atoms with Gasteiger partial charge >= 0.3 is 6.09 Å². The first-order valence-corrected chi connectivity index (χ1v) is 12.5. The van der Waals surface area contributed by atoms with E-state index in [0.717, 1.165) is 58.6 Å². The Bertz CT molecular complexity index is 1470. The second-order valence-electron chi connectivity index (χ2n) is 10.4. The number of aromatic nitrogens is 4. The van der Waals surface area contributed by atoms with Gasteiger partial charge in [0.2, 0.25) is 11.9 Å². The third-order valence-electron chi connectivity index (χ3n) is 6.53. The van der Waals surface area contributed by atoms with Crippen molar-refractivity contribution in [3.63, 3.8) is 0 Å². The molecule has 10 heteroatoms. The van der Waals surface area contributed by atoms with Gasteiger partial charge in [0, 0.05) is 63.8 Å². The van der Waals surface area contributed by atoms with Gasteiger partial charge in [-0.05, 0) is 45.7 Å².